The molecular formula is C14H19NO4S. The number of methoxy groups -OCH3 is 1. The second-order valence-corrected chi connectivity index (χ2v) is 5.80. The van der Waals surface area contributed by atoms with Crippen molar-refractivity contribution in [1.82, 2.24) is 0 Å². The highest BCUT2D eigenvalue weighted by Gasteiger charge is 2.25. The predicted octanol–water partition coefficient (Wildman–Crippen LogP) is 2.05. The van der Waals surface area contributed by atoms with Crippen molar-refractivity contribution >= 4 is 17.7 Å². The zero-order valence-corrected chi connectivity index (χ0v) is 12.2. The van der Waals surface area contributed by atoms with Gasteiger partial charge in [0.05, 0.1) is 7.11 Å². The first-order valence-corrected chi connectivity index (χ1v) is 7.68. The highest BCUT2D eigenvalue weighted by atomic mass is 32.2. The number of carboxylic acid groups (broad SMARTS) is 1. The van der Waals surface area contributed by atoms with Crippen LogP contribution in [0.2, 0.25) is 0 Å². The van der Waals surface area contributed by atoms with Crippen molar-refractivity contribution in [3.8, 4) is 11.5 Å². The van der Waals surface area contributed by atoms with Crippen LogP contribution in [-0.4, -0.2) is 35.8 Å². The first-order chi connectivity index (χ1) is 9.63. The molecule has 1 aliphatic rings. The number of ether oxygens (including phenoxy) is 2. The van der Waals surface area contributed by atoms with Gasteiger partial charge in [0.25, 0.3) is 0 Å². The molecule has 3 N–H and O–H groups in total. The number of rotatable bonds is 5. The number of thioether (sulfide) groups is 1. The monoisotopic (exact) mass is 297 g/mol. The molecule has 2 atom stereocenters. The summed E-state index contributed by atoms with van der Waals surface area (Å²) >= 11 is 1.84. The van der Waals surface area contributed by atoms with Gasteiger partial charge in [0, 0.05) is 11.3 Å². The van der Waals surface area contributed by atoms with Crippen LogP contribution < -0.4 is 15.2 Å². The van der Waals surface area contributed by atoms with Gasteiger partial charge in [-0.15, -0.1) is 0 Å². The van der Waals surface area contributed by atoms with Gasteiger partial charge in [0.15, 0.2) is 11.5 Å². The molecule has 0 saturated carbocycles. The molecule has 0 spiro atoms. The van der Waals surface area contributed by atoms with E-state index in [1.165, 1.54) is 7.11 Å². The lowest BCUT2D eigenvalue weighted by Crippen LogP contribution is -2.26. The lowest BCUT2D eigenvalue weighted by Gasteiger charge is -2.25. The van der Waals surface area contributed by atoms with E-state index in [0.717, 1.165) is 24.3 Å². The molecule has 1 aromatic carbocycles. The van der Waals surface area contributed by atoms with E-state index in [4.69, 9.17) is 20.3 Å². The second-order valence-electron chi connectivity index (χ2n) is 4.65. The molecule has 0 bridgehead atoms. The van der Waals surface area contributed by atoms with E-state index >= 15 is 0 Å². The van der Waals surface area contributed by atoms with Crippen molar-refractivity contribution in [3.05, 3.63) is 23.8 Å². The molecule has 1 aromatic rings. The van der Waals surface area contributed by atoms with E-state index in [0.29, 0.717) is 17.1 Å². The van der Waals surface area contributed by atoms with Crippen LogP contribution in [0.1, 0.15) is 24.4 Å². The highest BCUT2D eigenvalue weighted by molar-refractivity contribution is 7.99. The van der Waals surface area contributed by atoms with Crippen LogP contribution in [0.3, 0.4) is 0 Å². The molecule has 1 saturated heterocycles. The first kappa shape index (κ1) is 15.0. The Balaban J connectivity index is 2.29. The Labute approximate surface area is 122 Å². The van der Waals surface area contributed by atoms with Crippen molar-refractivity contribution in [3.63, 3.8) is 0 Å². The maximum atomic E-state index is 11.1. The Kier molecular flexibility index (Phi) is 5.14. The fraction of sp³-hybridized carbons (Fsp3) is 0.500. The molecule has 1 fully saturated rings. The summed E-state index contributed by atoms with van der Waals surface area (Å²) in [5.41, 5.74) is 6.18. The fourth-order valence-corrected chi connectivity index (χ4v) is 3.20. The Morgan fingerprint density at radius 1 is 1.55 bits per heavy atom. The van der Waals surface area contributed by atoms with Crippen LogP contribution in [0.25, 0.3) is 0 Å². The van der Waals surface area contributed by atoms with Crippen LogP contribution in [0.4, 0.5) is 0 Å². The van der Waals surface area contributed by atoms with Crippen LogP contribution in [0, 0.1) is 0 Å². The number of nitrogens with two attached hydrogens (primary N) is 1. The lowest BCUT2D eigenvalue weighted by atomic mass is 10.1. The quantitative estimate of drug-likeness (QED) is 0.865. The maximum absolute atomic E-state index is 11.1. The SMILES string of the molecule is COc1cccc(C(N)C(=O)O)c1OC1CCCSC1. The molecule has 0 aliphatic carbocycles. The molecule has 2 rings (SSSR count). The predicted molar refractivity (Wildman–Crippen MR) is 78.5 cm³/mol. The van der Waals surface area contributed by atoms with E-state index < -0.39 is 12.0 Å². The number of hydrogen-bond donors (Lipinski definition) is 2. The Hall–Kier alpha value is -1.40. The molecular weight excluding hydrogens is 278 g/mol. The standard InChI is InChI=1S/C14H19NO4S/c1-18-11-6-2-5-10(12(15)14(16)17)13(11)19-9-4-3-7-20-8-9/h2,5-6,9,12H,3-4,7-8,15H2,1H3,(H,16,17). The van der Waals surface area contributed by atoms with E-state index in [1.807, 2.05) is 11.8 Å². The summed E-state index contributed by atoms with van der Waals surface area (Å²) in [6.07, 6.45) is 2.14. The zero-order chi connectivity index (χ0) is 14.5. The van der Waals surface area contributed by atoms with Crippen molar-refractivity contribution in [2.24, 2.45) is 5.73 Å². The van der Waals surface area contributed by atoms with Gasteiger partial charge in [0.1, 0.15) is 12.1 Å². The van der Waals surface area contributed by atoms with Gasteiger partial charge < -0.3 is 20.3 Å². The topological polar surface area (TPSA) is 81.8 Å². The molecule has 5 nitrogen and oxygen atoms in total. The van der Waals surface area contributed by atoms with Gasteiger partial charge in [-0.05, 0) is 24.7 Å². The molecule has 0 aromatic heterocycles. The molecule has 1 heterocycles. The Morgan fingerprint density at radius 3 is 2.95 bits per heavy atom. The van der Waals surface area contributed by atoms with Crippen molar-refractivity contribution in [2.45, 2.75) is 25.0 Å². The Bertz CT molecular complexity index is 474. The number of hydrogen-bond acceptors (Lipinski definition) is 5. The number of aliphatic carboxylic acids is 1. The highest BCUT2D eigenvalue weighted by Crippen LogP contribution is 2.36. The maximum Gasteiger partial charge on any atom is 0.325 e. The molecule has 2 unspecified atom stereocenters. The van der Waals surface area contributed by atoms with E-state index in [2.05, 4.69) is 0 Å². The summed E-state index contributed by atoms with van der Waals surface area (Å²) in [5, 5.41) is 9.10. The number of benzene rings is 1. The van der Waals surface area contributed by atoms with Crippen molar-refractivity contribution in [2.75, 3.05) is 18.6 Å². The molecule has 6 heteroatoms. The van der Waals surface area contributed by atoms with Gasteiger partial charge in [-0.2, -0.15) is 11.8 Å². The minimum atomic E-state index is -1.11. The second kappa shape index (κ2) is 6.85. The normalized spacial score (nSPS) is 20.2. The first-order valence-electron chi connectivity index (χ1n) is 6.53. The third-order valence-electron chi connectivity index (χ3n) is 3.23. The van der Waals surface area contributed by atoms with Gasteiger partial charge in [-0.1, -0.05) is 12.1 Å². The number of para-hydroxylation sites is 1. The average molecular weight is 297 g/mol. The smallest absolute Gasteiger partial charge is 0.325 e. The molecule has 0 amide bonds. The zero-order valence-electron chi connectivity index (χ0n) is 11.4. The minimum absolute atomic E-state index is 0.0739. The third-order valence-corrected chi connectivity index (χ3v) is 4.42. The van der Waals surface area contributed by atoms with E-state index in [-0.39, 0.29) is 6.10 Å². The molecule has 20 heavy (non-hydrogen) atoms. The average Bonchev–Trinajstić information content (AvgIpc) is 2.47. The van der Waals surface area contributed by atoms with E-state index in [1.54, 1.807) is 18.2 Å². The van der Waals surface area contributed by atoms with Crippen LogP contribution in [0.5, 0.6) is 11.5 Å². The van der Waals surface area contributed by atoms with Gasteiger partial charge in [-0.3, -0.25) is 4.79 Å². The van der Waals surface area contributed by atoms with Crippen LogP contribution >= 0.6 is 11.8 Å². The summed E-state index contributed by atoms with van der Waals surface area (Å²) in [5.74, 6) is 1.95. The number of carboxylic acids is 1. The largest absolute Gasteiger partial charge is 0.493 e. The van der Waals surface area contributed by atoms with Crippen LogP contribution in [-0.2, 0) is 4.79 Å². The molecule has 1 aliphatic heterocycles. The van der Waals surface area contributed by atoms with Crippen LogP contribution in [0.15, 0.2) is 18.2 Å². The number of carbonyl (C=O) groups is 1. The third kappa shape index (κ3) is 3.37. The molecule has 0 radical (unpaired) electrons. The minimum Gasteiger partial charge on any atom is -0.493 e. The summed E-state index contributed by atoms with van der Waals surface area (Å²) in [4.78, 5) is 11.1. The Morgan fingerprint density at radius 2 is 2.35 bits per heavy atom. The van der Waals surface area contributed by atoms with Gasteiger partial charge in [0.2, 0.25) is 0 Å². The summed E-state index contributed by atoms with van der Waals surface area (Å²) < 4.78 is 11.3. The summed E-state index contributed by atoms with van der Waals surface area (Å²) in [6, 6.07) is 4.03. The summed E-state index contributed by atoms with van der Waals surface area (Å²) in [6.45, 7) is 0. The van der Waals surface area contributed by atoms with E-state index in [9.17, 15) is 4.79 Å². The van der Waals surface area contributed by atoms with Gasteiger partial charge in [-0.25, -0.2) is 0 Å². The van der Waals surface area contributed by atoms with Crippen molar-refractivity contribution in [1.29, 1.82) is 0 Å². The fourth-order valence-electron chi connectivity index (χ4n) is 2.17. The lowest BCUT2D eigenvalue weighted by molar-refractivity contribution is -0.138. The molecule has 110 valence electrons. The van der Waals surface area contributed by atoms with Crippen molar-refractivity contribution < 1.29 is 19.4 Å². The van der Waals surface area contributed by atoms with Gasteiger partial charge >= 0.3 is 5.97 Å². The summed E-state index contributed by atoms with van der Waals surface area (Å²) in [7, 11) is 1.54.